The molecule has 0 atom stereocenters. The highest BCUT2D eigenvalue weighted by molar-refractivity contribution is 7.10. The molecule has 2 nitrogen and oxygen atoms in total. The molecule has 0 spiro atoms. The molecule has 2 fully saturated rings. The monoisotopic (exact) mass is 249 g/mol. The van der Waals surface area contributed by atoms with E-state index in [0.29, 0.717) is 6.04 Å². The third kappa shape index (κ3) is 2.13. The Morgan fingerprint density at radius 2 is 2.06 bits per heavy atom. The average molecular weight is 249 g/mol. The molecule has 0 unspecified atom stereocenters. The Balaban J connectivity index is 1.66. The molecule has 0 radical (unpaired) electrons. The third-order valence-electron chi connectivity index (χ3n) is 4.12. The first-order valence-electron chi connectivity index (χ1n) is 6.66. The highest BCUT2D eigenvalue weighted by Crippen LogP contribution is 2.50. The second-order valence-corrected chi connectivity index (χ2v) is 6.32. The predicted octanol–water partition coefficient (Wildman–Crippen LogP) is 3.23. The summed E-state index contributed by atoms with van der Waals surface area (Å²) in [5.74, 6) is 0.284. The van der Waals surface area contributed by atoms with Crippen LogP contribution in [-0.4, -0.2) is 11.9 Å². The van der Waals surface area contributed by atoms with Gasteiger partial charge in [-0.05, 0) is 37.1 Å². The molecule has 0 bridgehead atoms. The summed E-state index contributed by atoms with van der Waals surface area (Å²) in [5.41, 5.74) is -0.147. The quantitative estimate of drug-likeness (QED) is 0.875. The van der Waals surface area contributed by atoms with Crippen molar-refractivity contribution < 1.29 is 4.79 Å². The van der Waals surface area contributed by atoms with Gasteiger partial charge in [-0.1, -0.05) is 25.3 Å². The zero-order chi connectivity index (χ0) is 11.7. The van der Waals surface area contributed by atoms with Gasteiger partial charge in [-0.2, -0.15) is 0 Å². The number of rotatable bonds is 3. The standard InChI is InChI=1S/C14H19NOS/c16-13(15-11-5-2-1-3-6-11)14(8-9-14)12-7-4-10-17-12/h4,7,10-11H,1-3,5-6,8-9H2,(H,15,16). The molecule has 0 aromatic carbocycles. The van der Waals surface area contributed by atoms with Gasteiger partial charge in [-0.25, -0.2) is 0 Å². The molecule has 1 N–H and O–H groups in total. The van der Waals surface area contributed by atoms with Crippen molar-refractivity contribution in [3.8, 4) is 0 Å². The van der Waals surface area contributed by atoms with Crippen molar-refractivity contribution in [2.45, 2.75) is 56.4 Å². The topological polar surface area (TPSA) is 29.1 Å². The third-order valence-corrected chi connectivity index (χ3v) is 5.19. The van der Waals surface area contributed by atoms with Gasteiger partial charge in [-0.15, -0.1) is 11.3 Å². The number of nitrogens with one attached hydrogen (secondary N) is 1. The van der Waals surface area contributed by atoms with Gasteiger partial charge in [-0.3, -0.25) is 4.79 Å². The Hall–Kier alpha value is -0.830. The summed E-state index contributed by atoms with van der Waals surface area (Å²) in [6, 6.07) is 4.60. The second kappa shape index (κ2) is 4.45. The largest absolute Gasteiger partial charge is 0.353 e. The molecule has 2 saturated carbocycles. The fourth-order valence-electron chi connectivity index (χ4n) is 2.83. The smallest absolute Gasteiger partial charge is 0.231 e. The van der Waals surface area contributed by atoms with E-state index in [-0.39, 0.29) is 11.3 Å². The van der Waals surface area contributed by atoms with Crippen molar-refractivity contribution in [3.63, 3.8) is 0 Å². The Morgan fingerprint density at radius 3 is 2.65 bits per heavy atom. The molecule has 1 aromatic heterocycles. The van der Waals surface area contributed by atoms with Crippen LogP contribution in [0.2, 0.25) is 0 Å². The Bertz CT molecular complexity index is 388. The molecular formula is C14H19NOS. The number of carbonyl (C=O) groups is 1. The fourth-order valence-corrected chi connectivity index (χ4v) is 3.81. The van der Waals surface area contributed by atoms with Crippen molar-refractivity contribution in [2.75, 3.05) is 0 Å². The van der Waals surface area contributed by atoms with Gasteiger partial charge in [0.1, 0.15) is 0 Å². The van der Waals surface area contributed by atoms with Crippen LogP contribution < -0.4 is 5.32 Å². The summed E-state index contributed by atoms with van der Waals surface area (Å²) in [4.78, 5) is 13.6. The van der Waals surface area contributed by atoms with E-state index in [2.05, 4.69) is 16.8 Å². The molecule has 0 saturated heterocycles. The van der Waals surface area contributed by atoms with Crippen LogP contribution in [0.4, 0.5) is 0 Å². The fraction of sp³-hybridized carbons (Fsp3) is 0.643. The van der Waals surface area contributed by atoms with Crippen LogP contribution in [0.3, 0.4) is 0 Å². The summed E-state index contributed by atoms with van der Waals surface area (Å²) < 4.78 is 0. The lowest BCUT2D eigenvalue weighted by atomic mass is 9.94. The maximum Gasteiger partial charge on any atom is 0.231 e. The number of carbonyl (C=O) groups excluding carboxylic acids is 1. The summed E-state index contributed by atoms with van der Waals surface area (Å²) in [6.45, 7) is 0. The van der Waals surface area contributed by atoms with E-state index >= 15 is 0 Å². The minimum atomic E-state index is -0.147. The van der Waals surface area contributed by atoms with Gasteiger partial charge in [0.25, 0.3) is 0 Å². The first-order chi connectivity index (χ1) is 8.31. The zero-order valence-corrected chi connectivity index (χ0v) is 10.9. The van der Waals surface area contributed by atoms with E-state index in [4.69, 9.17) is 0 Å². The molecular weight excluding hydrogens is 230 g/mol. The molecule has 1 aromatic rings. The van der Waals surface area contributed by atoms with E-state index in [0.717, 1.165) is 12.8 Å². The Kier molecular flexibility index (Phi) is 2.95. The summed E-state index contributed by atoms with van der Waals surface area (Å²) in [5, 5.41) is 5.35. The molecule has 17 heavy (non-hydrogen) atoms. The first kappa shape index (κ1) is 11.3. The van der Waals surface area contributed by atoms with Crippen molar-refractivity contribution in [2.24, 2.45) is 0 Å². The van der Waals surface area contributed by atoms with Gasteiger partial charge in [0, 0.05) is 10.9 Å². The van der Waals surface area contributed by atoms with Crippen LogP contribution in [0, 0.1) is 0 Å². The summed E-state index contributed by atoms with van der Waals surface area (Å²) >= 11 is 1.72. The van der Waals surface area contributed by atoms with Crippen LogP contribution in [0.5, 0.6) is 0 Å². The highest BCUT2D eigenvalue weighted by atomic mass is 32.1. The Morgan fingerprint density at radius 1 is 1.29 bits per heavy atom. The van der Waals surface area contributed by atoms with E-state index < -0.39 is 0 Å². The average Bonchev–Trinajstić information content (AvgIpc) is 2.99. The van der Waals surface area contributed by atoms with Gasteiger partial charge in [0.05, 0.1) is 5.41 Å². The minimum absolute atomic E-state index is 0.147. The normalized spacial score (nSPS) is 23.3. The van der Waals surface area contributed by atoms with Crippen molar-refractivity contribution in [3.05, 3.63) is 22.4 Å². The summed E-state index contributed by atoms with van der Waals surface area (Å²) in [6.07, 6.45) is 8.30. The number of thiophene rings is 1. The van der Waals surface area contributed by atoms with Crippen LogP contribution in [0.15, 0.2) is 17.5 Å². The lowest BCUT2D eigenvalue weighted by molar-refractivity contribution is -0.124. The SMILES string of the molecule is O=C(NC1CCCCC1)C1(c2cccs2)CC1. The molecule has 2 aliphatic rings. The van der Waals surface area contributed by atoms with Gasteiger partial charge < -0.3 is 5.32 Å². The summed E-state index contributed by atoms with van der Waals surface area (Å²) in [7, 11) is 0. The lowest BCUT2D eigenvalue weighted by Crippen LogP contribution is -2.42. The molecule has 3 rings (SSSR count). The molecule has 2 aliphatic carbocycles. The molecule has 0 aliphatic heterocycles. The van der Waals surface area contributed by atoms with Gasteiger partial charge in [0.2, 0.25) is 5.91 Å². The first-order valence-corrected chi connectivity index (χ1v) is 7.54. The van der Waals surface area contributed by atoms with Gasteiger partial charge in [0.15, 0.2) is 0 Å². The maximum absolute atomic E-state index is 12.4. The number of hydrogen-bond acceptors (Lipinski definition) is 2. The van der Waals surface area contributed by atoms with E-state index in [9.17, 15) is 4.79 Å². The van der Waals surface area contributed by atoms with Gasteiger partial charge >= 0.3 is 0 Å². The van der Waals surface area contributed by atoms with Crippen molar-refractivity contribution in [1.82, 2.24) is 5.32 Å². The second-order valence-electron chi connectivity index (χ2n) is 5.37. The number of hydrogen-bond donors (Lipinski definition) is 1. The Labute approximate surface area is 106 Å². The van der Waals surface area contributed by atoms with E-state index in [1.807, 2.05) is 6.07 Å². The van der Waals surface area contributed by atoms with Crippen molar-refractivity contribution >= 4 is 17.2 Å². The van der Waals surface area contributed by atoms with Crippen LogP contribution in [0.25, 0.3) is 0 Å². The van der Waals surface area contributed by atoms with Crippen LogP contribution >= 0.6 is 11.3 Å². The van der Waals surface area contributed by atoms with E-state index in [1.165, 1.54) is 37.0 Å². The number of amides is 1. The zero-order valence-electron chi connectivity index (χ0n) is 10.1. The molecule has 1 heterocycles. The maximum atomic E-state index is 12.4. The van der Waals surface area contributed by atoms with Crippen LogP contribution in [0.1, 0.15) is 49.8 Å². The van der Waals surface area contributed by atoms with Crippen molar-refractivity contribution in [1.29, 1.82) is 0 Å². The van der Waals surface area contributed by atoms with E-state index in [1.54, 1.807) is 11.3 Å². The molecule has 3 heteroatoms. The molecule has 1 amide bonds. The highest BCUT2D eigenvalue weighted by Gasteiger charge is 2.52. The molecule has 92 valence electrons. The minimum Gasteiger partial charge on any atom is -0.353 e. The van der Waals surface area contributed by atoms with Crippen LogP contribution in [-0.2, 0) is 10.2 Å². The lowest BCUT2D eigenvalue weighted by Gasteiger charge is -2.25. The predicted molar refractivity (Wildman–Crippen MR) is 70.2 cm³/mol.